The van der Waals surface area contributed by atoms with Gasteiger partial charge in [-0.15, -0.1) is 0 Å². The summed E-state index contributed by atoms with van der Waals surface area (Å²) >= 11 is 5.95. The molecular formula is C18H18ClN3O2. The van der Waals surface area contributed by atoms with Crippen LogP contribution >= 0.6 is 11.6 Å². The molecule has 24 heavy (non-hydrogen) atoms. The smallest absolute Gasteiger partial charge is 0.271 e. The van der Waals surface area contributed by atoms with Crippen LogP contribution in [0.2, 0.25) is 5.02 Å². The van der Waals surface area contributed by atoms with Crippen molar-refractivity contribution in [1.29, 1.82) is 0 Å². The van der Waals surface area contributed by atoms with Gasteiger partial charge in [0.05, 0.1) is 11.0 Å². The van der Waals surface area contributed by atoms with Crippen molar-refractivity contribution in [2.45, 2.75) is 31.1 Å². The molecule has 2 N–H and O–H groups in total. The van der Waals surface area contributed by atoms with Crippen molar-refractivity contribution >= 4 is 23.4 Å². The Morgan fingerprint density at radius 3 is 2.38 bits per heavy atom. The van der Waals surface area contributed by atoms with Gasteiger partial charge in [0.2, 0.25) is 5.91 Å². The fourth-order valence-electron chi connectivity index (χ4n) is 3.20. The van der Waals surface area contributed by atoms with Crippen molar-refractivity contribution in [3.05, 3.63) is 64.9 Å². The van der Waals surface area contributed by atoms with Crippen LogP contribution in [0.5, 0.6) is 0 Å². The Labute approximate surface area is 145 Å². The van der Waals surface area contributed by atoms with Gasteiger partial charge < -0.3 is 0 Å². The molecule has 3 rings (SSSR count). The molecule has 0 spiro atoms. The minimum atomic E-state index is -0.618. The normalized spacial score (nSPS) is 15.7. The van der Waals surface area contributed by atoms with Crippen LogP contribution in [0.1, 0.15) is 41.6 Å². The number of rotatable bonds is 3. The molecule has 2 amide bonds. The van der Waals surface area contributed by atoms with Gasteiger partial charge in [-0.25, -0.2) is 0 Å². The van der Waals surface area contributed by atoms with Crippen molar-refractivity contribution < 1.29 is 9.59 Å². The summed E-state index contributed by atoms with van der Waals surface area (Å²) < 4.78 is 0. The first-order valence-electron chi connectivity index (χ1n) is 7.89. The number of hydrogen-bond acceptors (Lipinski definition) is 3. The first-order chi connectivity index (χ1) is 11.6. The lowest BCUT2D eigenvalue weighted by Crippen LogP contribution is -2.50. The van der Waals surface area contributed by atoms with E-state index in [1.165, 1.54) is 6.20 Å². The summed E-state index contributed by atoms with van der Waals surface area (Å²) in [7, 11) is 0. The second-order valence-corrected chi connectivity index (χ2v) is 6.38. The zero-order chi connectivity index (χ0) is 17.0. The zero-order valence-corrected chi connectivity index (χ0v) is 13.8. The maximum atomic E-state index is 12.8. The molecule has 6 heteroatoms. The second-order valence-electron chi connectivity index (χ2n) is 5.95. The number of nitrogens with one attached hydrogen (secondary N) is 2. The molecule has 1 aliphatic carbocycles. The number of hydrogen-bond donors (Lipinski definition) is 2. The molecule has 1 saturated carbocycles. The number of pyridine rings is 1. The molecule has 5 nitrogen and oxygen atoms in total. The largest absolute Gasteiger partial charge is 0.272 e. The third-order valence-corrected chi connectivity index (χ3v) is 4.75. The minimum Gasteiger partial charge on any atom is -0.272 e. The average Bonchev–Trinajstić information content (AvgIpc) is 3.12. The van der Waals surface area contributed by atoms with E-state index in [1.807, 2.05) is 12.1 Å². The van der Waals surface area contributed by atoms with Crippen LogP contribution in [0.4, 0.5) is 0 Å². The summed E-state index contributed by atoms with van der Waals surface area (Å²) in [5.74, 6) is -0.583. The molecule has 2 aromatic rings. The number of nitrogens with zero attached hydrogens (tertiary/aromatic N) is 1. The van der Waals surface area contributed by atoms with E-state index < -0.39 is 5.41 Å². The summed E-state index contributed by atoms with van der Waals surface area (Å²) in [5.41, 5.74) is 5.76. The molecule has 124 valence electrons. The topological polar surface area (TPSA) is 71.1 Å². The number of carbonyl (C=O) groups excluding carboxylic acids is 2. The first-order valence-corrected chi connectivity index (χ1v) is 8.26. The minimum absolute atomic E-state index is 0.195. The molecule has 0 atom stereocenters. The van der Waals surface area contributed by atoms with E-state index >= 15 is 0 Å². The molecule has 1 aromatic carbocycles. The lowest BCUT2D eigenvalue weighted by atomic mass is 9.78. The third kappa shape index (κ3) is 3.26. The van der Waals surface area contributed by atoms with Crippen LogP contribution in [0.15, 0.2) is 48.8 Å². The van der Waals surface area contributed by atoms with Gasteiger partial charge in [-0.05, 0) is 42.7 Å². The molecule has 1 aromatic heterocycles. The molecule has 0 aliphatic heterocycles. The predicted octanol–water partition coefficient (Wildman–Crippen LogP) is 3.01. The highest BCUT2D eigenvalue weighted by atomic mass is 35.5. The predicted molar refractivity (Wildman–Crippen MR) is 91.4 cm³/mol. The van der Waals surface area contributed by atoms with Crippen LogP contribution in [0.25, 0.3) is 0 Å². The van der Waals surface area contributed by atoms with Gasteiger partial charge in [-0.1, -0.05) is 36.6 Å². The Morgan fingerprint density at radius 1 is 1.04 bits per heavy atom. The lowest BCUT2D eigenvalue weighted by Gasteiger charge is -2.28. The molecule has 1 fully saturated rings. The van der Waals surface area contributed by atoms with Crippen LogP contribution < -0.4 is 10.9 Å². The van der Waals surface area contributed by atoms with Crippen molar-refractivity contribution in [3.63, 3.8) is 0 Å². The average molecular weight is 344 g/mol. The standard InChI is InChI=1S/C18H18ClN3O2/c19-15-7-5-14(6-8-15)18(9-1-2-10-18)17(24)22-21-16(23)13-4-3-11-20-12-13/h3-8,11-12H,1-2,9-10H2,(H,21,23)(H,22,24). The molecule has 0 bridgehead atoms. The van der Waals surface area contributed by atoms with E-state index in [9.17, 15) is 9.59 Å². The van der Waals surface area contributed by atoms with Crippen molar-refractivity contribution in [2.24, 2.45) is 0 Å². The highest BCUT2D eigenvalue weighted by Gasteiger charge is 2.42. The summed E-state index contributed by atoms with van der Waals surface area (Å²) in [6, 6.07) is 10.7. The number of halogens is 1. The Morgan fingerprint density at radius 2 is 1.75 bits per heavy atom. The van der Waals surface area contributed by atoms with E-state index in [0.29, 0.717) is 10.6 Å². The first kappa shape index (κ1) is 16.5. The van der Waals surface area contributed by atoms with Gasteiger partial charge >= 0.3 is 0 Å². The maximum Gasteiger partial charge on any atom is 0.271 e. The van der Waals surface area contributed by atoms with Gasteiger partial charge in [-0.3, -0.25) is 25.4 Å². The van der Waals surface area contributed by atoms with Crippen LogP contribution in [-0.4, -0.2) is 16.8 Å². The molecule has 1 aliphatic rings. The highest BCUT2D eigenvalue weighted by molar-refractivity contribution is 6.30. The maximum absolute atomic E-state index is 12.8. The van der Waals surface area contributed by atoms with Crippen LogP contribution in [0, 0.1) is 0 Å². The fraction of sp³-hybridized carbons (Fsp3) is 0.278. The number of amides is 2. The Kier molecular flexibility index (Phi) is 4.81. The van der Waals surface area contributed by atoms with Gasteiger partial charge in [0.15, 0.2) is 0 Å². The zero-order valence-electron chi connectivity index (χ0n) is 13.1. The molecule has 0 unspecified atom stereocenters. The van der Waals surface area contributed by atoms with Crippen molar-refractivity contribution in [2.75, 3.05) is 0 Å². The monoisotopic (exact) mass is 343 g/mol. The SMILES string of the molecule is O=C(NNC(=O)C1(c2ccc(Cl)cc2)CCCC1)c1cccnc1. The van der Waals surface area contributed by atoms with E-state index in [0.717, 1.165) is 31.2 Å². The third-order valence-electron chi connectivity index (χ3n) is 4.50. The van der Waals surface area contributed by atoms with E-state index in [-0.39, 0.29) is 11.8 Å². The van der Waals surface area contributed by atoms with Gasteiger partial charge in [0.1, 0.15) is 0 Å². The number of hydrazine groups is 1. The molecule has 0 radical (unpaired) electrons. The van der Waals surface area contributed by atoms with Crippen LogP contribution in [0.3, 0.4) is 0 Å². The fourth-order valence-corrected chi connectivity index (χ4v) is 3.32. The highest BCUT2D eigenvalue weighted by Crippen LogP contribution is 2.41. The van der Waals surface area contributed by atoms with E-state index in [4.69, 9.17) is 11.6 Å². The second kappa shape index (κ2) is 7.01. The summed E-state index contributed by atoms with van der Waals surface area (Å²) in [6.45, 7) is 0. The van der Waals surface area contributed by atoms with Gasteiger partial charge in [-0.2, -0.15) is 0 Å². The number of carbonyl (C=O) groups is 2. The summed E-state index contributed by atoms with van der Waals surface area (Å²) in [5, 5.41) is 0.636. The summed E-state index contributed by atoms with van der Waals surface area (Å²) in [4.78, 5) is 28.8. The van der Waals surface area contributed by atoms with E-state index in [2.05, 4.69) is 15.8 Å². The number of benzene rings is 1. The Bertz CT molecular complexity index is 726. The Hall–Kier alpha value is -2.40. The van der Waals surface area contributed by atoms with Crippen molar-refractivity contribution in [1.82, 2.24) is 15.8 Å². The summed E-state index contributed by atoms with van der Waals surface area (Å²) in [6.07, 6.45) is 6.50. The molecule has 1 heterocycles. The Balaban J connectivity index is 1.73. The lowest BCUT2D eigenvalue weighted by molar-refractivity contribution is -0.127. The number of aromatic nitrogens is 1. The van der Waals surface area contributed by atoms with E-state index in [1.54, 1.807) is 30.5 Å². The van der Waals surface area contributed by atoms with Gasteiger partial charge in [0.25, 0.3) is 5.91 Å². The quantitative estimate of drug-likeness (QED) is 0.841. The van der Waals surface area contributed by atoms with Gasteiger partial charge in [0, 0.05) is 17.4 Å². The van der Waals surface area contributed by atoms with Crippen molar-refractivity contribution in [3.8, 4) is 0 Å². The molecule has 0 saturated heterocycles. The molecular weight excluding hydrogens is 326 g/mol. The van der Waals surface area contributed by atoms with Crippen LogP contribution in [-0.2, 0) is 10.2 Å².